The number of carbonyl (C=O) groups excluding carboxylic acids is 1. The fourth-order valence-electron chi connectivity index (χ4n) is 3.61. The van der Waals surface area contributed by atoms with Crippen LogP contribution in [-0.2, 0) is 0 Å². The molecule has 0 bridgehead atoms. The minimum absolute atomic E-state index is 0.102. The van der Waals surface area contributed by atoms with Gasteiger partial charge in [0.2, 0.25) is 0 Å². The number of aliphatic hydroxyl groups is 1. The Bertz CT molecular complexity index is 996. The highest BCUT2D eigenvalue weighted by Gasteiger charge is 2.36. The number of rotatable bonds is 4. The van der Waals surface area contributed by atoms with E-state index in [0.29, 0.717) is 18.4 Å². The summed E-state index contributed by atoms with van der Waals surface area (Å²) in [5.41, 5.74) is 2.97. The number of amides is 1. The first-order valence-electron chi connectivity index (χ1n) is 9.14. The number of nitrogens with zero attached hydrogens (tertiary/aromatic N) is 1. The highest BCUT2D eigenvalue weighted by atomic mass is 16.3. The van der Waals surface area contributed by atoms with Crippen LogP contribution in [0.25, 0.3) is 10.9 Å². The number of pyridine rings is 1. The Hall–Kier alpha value is -2.92. The number of hydrogen-bond acceptors (Lipinski definition) is 4. The lowest BCUT2D eigenvalue weighted by Crippen LogP contribution is -2.41. The maximum absolute atomic E-state index is 12.8. The van der Waals surface area contributed by atoms with Gasteiger partial charge >= 0.3 is 0 Å². The lowest BCUT2D eigenvalue weighted by Gasteiger charge is -2.38. The van der Waals surface area contributed by atoms with Gasteiger partial charge in [-0.3, -0.25) is 9.78 Å². The molecule has 1 amide bonds. The Balaban J connectivity index is 1.64. The number of aryl methyl sites for hydroxylation is 1. The molecule has 5 heteroatoms. The van der Waals surface area contributed by atoms with Gasteiger partial charge in [-0.2, -0.15) is 0 Å². The topological polar surface area (TPSA) is 82.5 Å². The van der Waals surface area contributed by atoms with Gasteiger partial charge in [0.1, 0.15) is 5.75 Å². The molecule has 1 aromatic heterocycles. The van der Waals surface area contributed by atoms with Crippen LogP contribution in [0, 0.1) is 12.8 Å². The summed E-state index contributed by atoms with van der Waals surface area (Å²) in [7, 11) is 0. The Labute approximate surface area is 157 Å². The van der Waals surface area contributed by atoms with Crippen LogP contribution < -0.4 is 5.32 Å². The standard InChI is InChI=1S/C22H22N2O3/c1-13-6-7-15(11-20(13)26)22(27)24-21(16-9-18(25)10-16)17-8-14-4-2-3-5-19(14)23-12-17/h2-8,11-12,16,18,21,25-26H,9-10H2,1H3,(H,24,27)/t16?,18?,21-/m0/s1. The van der Waals surface area contributed by atoms with Crippen molar-refractivity contribution in [1.82, 2.24) is 10.3 Å². The second-order valence-electron chi connectivity index (χ2n) is 7.30. The first-order chi connectivity index (χ1) is 13.0. The molecule has 1 heterocycles. The molecule has 0 saturated heterocycles. The SMILES string of the molecule is Cc1ccc(C(=O)N[C@H](c2cnc3ccccc3c2)C2CC(O)C2)cc1O. The molecule has 1 aliphatic carbocycles. The van der Waals surface area contributed by atoms with Gasteiger partial charge < -0.3 is 15.5 Å². The number of aliphatic hydroxyl groups excluding tert-OH is 1. The van der Waals surface area contributed by atoms with Crippen molar-refractivity contribution in [3.05, 3.63) is 71.4 Å². The monoisotopic (exact) mass is 362 g/mol. The number of phenols is 1. The average Bonchev–Trinajstić information content (AvgIpc) is 2.65. The first-order valence-corrected chi connectivity index (χ1v) is 9.14. The predicted molar refractivity (Wildman–Crippen MR) is 104 cm³/mol. The molecule has 1 saturated carbocycles. The van der Waals surface area contributed by atoms with Crippen LogP contribution in [0.5, 0.6) is 5.75 Å². The summed E-state index contributed by atoms with van der Waals surface area (Å²) >= 11 is 0. The van der Waals surface area contributed by atoms with E-state index in [1.807, 2.05) is 30.3 Å². The van der Waals surface area contributed by atoms with Crippen molar-refractivity contribution >= 4 is 16.8 Å². The molecule has 1 aliphatic rings. The molecule has 5 nitrogen and oxygen atoms in total. The van der Waals surface area contributed by atoms with Gasteiger partial charge in [0.15, 0.2) is 0 Å². The van der Waals surface area contributed by atoms with Crippen molar-refractivity contribution in [2.24, 2.45) is 5.92 Å². The molecule has 0 aliphatic heterocycles. The lowest BCUT2D eigenvalue weighted by molar-refractivity contribution is 0.0235. The number of para-hydroxylation sites is 1. The van der Waals surface area contributed by atoms with Gasteiger partial charge in [0.25, 0.3) is 5.91 Å². The molecular weight excluding hydrogens is 340 g/mol. The molecular formula is C22H22N2O3. The van der Waals surface area contributed by atoms with E-state index in [1.165, 1.54) is 6.07 Å². The predicted octanol–water partition coefficient (Wildman–Crippen LogP) is 3.49. The maximum Gasteiger partial charge on any atom is 0.251 e. The zero-order chi connectivity index (χ0) is 19.0. The molecule has 4 rings (SSSR count). The molecule has 1 fully saturated rings. The van der Waals surface area contributed by atoms with Crippen LogP contribution >= 0.6 is 0 Å². The van der Waals surface area contributed by atoms with Crippen LogP contribution in [0.15, 0.2) is 54.7 Å². The van der Waals surface area contributed by atoms with Gasteiger partial charge in [0.05, 0.1) is 17.7 Å². The molecule has 3 N–H and O–H groups in total. The van der Waals surface area contributed by atoms with Crippen LogP contribution in [0.3, 0.4) is 0 Å². The van der Waals surface area contributed by atoms with Crippen molar-refractivity contribution in [2.75, 3.05) is 0 Å². The van der Waals surface area contributed by atoms with Gasteiger partial charge in [-0.05, 0) is 61.1 Å². The van der Waals surface area contributed by atoms with E-state index in [-0.39, 0.29) is 29.7 Å². The van der Waals surface area contributed by atoms with E-state index in [2.05, 4.69) is 10.3 Å². The smallest absolute Gasteiger partial charge is 0.251 e. The fourth-order valence-corrected chi connectivity index (χ4v) is 3.61. The van der Waals surface area contributed by atoms with E-state index < -0.39 is 0 Å². The number of phenolic OH excluding ortho intramolecular Hbond substituents is 1. The second kappa shape index (κ2) is 7.00. The lowest BCUT2D eigenvalue weighted by atomic mass is 9.75. The molecule has 27 heavy (non-hydrogen) atoms. The summed E-state index contributed by atoms with van der Waals surface area (Å²) in [6, 6.07) is 14.6. The number of aromatic hydroxyl groups is 1. The largest absolute Gasteiger partial charge is 0.508 e. The third-order valence-corrected chi connectivity index (χ3v) is 5.35. The van der Waals surface area contributed by atoms with Gasteiger partial charge in [-0.1, -0.05) is 24.3 Å². The number of fused-ring (bicyclic) bond motifs is 1. The van der Waals surface area contributed by atoms with Crippen molar-refractivity contribution < 1.29 is 15.0 Å². The van der Waals surface area contributed by atoms with E-state index in [4.69, 9.17) is 0 Å². The number of benzene rings is 2. The fraction of sp³-hybridized carbons (Fsp3) is 0.273. The zero-order valence-corrected chi connectivity index (χ0v) is 15.1. The van der Waals surface area contributed by atoms with E-state index in [1.54, 1.807) is 25.3 Å². The van der Waals surface area contributed by atoms with E-state index in [9.17, 15) is 15.0 Å². The maximum atomic E-state index is 12.8. The van der Waals surface area contributed by atoms with Gasteiger partial charge in [-0.15, -0.1) is 0 Å². The minimum atomic E-state index is -0.314. The van der Waals surface area contributed by atoms with Crippen molar-refractivity contribution in [1.29, 1.82) is 0 Å². The highest BCUT2D eigenvalue weighted by Crippen LogP contribution is 2.38. The second-order valence-corrected chi connectivity index (χ2v) is 7.30. The van der Waals surface area contributed by atoms with Crippen LogP contribution in [0.2, 0.25) is 0 Å². The minimum Gasteiger partial charge on any atom is -0.508 e. The summed E-state index contributed by atoms with van der Waals surface area (Å²) in [6.45, 7) is 1.79. The normalized spacial score (nSPS) is 20.1. The Kier molecular flexibility index (Phi) is 4.54. The molecule has 138 valence electrons. The number of carbonyl (C=O) groups is 1. The van der Waals surface area contributed by atoms with Crippen molar-refractivity contribution in [3.63, 3.8) is 0 Å². The Morgan fingerprint density at radius 1 is 1.19 bits per heavy atom. The molecule has 3 aromatic rings. The highest BCUT2D eigenvalue weighted by molar-refractivity contribution is 5.95. The summed E-state index contributed by atoms with van der Waals surface area (Å²) in [4.78, 5) is 17.3. The summed E-state index contributed by atoms with van der Waals surface area (Å²) < 4.78 is 0. The van der Waals surface area contributed by atoms with E-state index in [0.717, 1.165) is 22.0 Å². The molecule has 0 radical (unpaired) electrons. The number of hydrogen-bond donors (Lipinski definition) is 3. The summed E-state index contributed by atoms with van der Waals surface area (Å²) in [5.74, 6) is 0.0152. The van der Waals surface area contributed by atoms with Crippen molar-refractivity contribution in [2.45, 2.75) is 31.9 Å². The van der Waals surface area contributed by atoms with Gasteiger partial charge in [0, 0.05) is 17.1 Å². The first kappa shape index (κ1) is 17.5. The van der Waals surface area contributed by atoms with Crippen molar-refractivity contribution in [3.8, 4) is 5.75 Å². The molecule has 1 atom stereocenters. The average molecular weight is 362 g/mol. The van der Waals surface area contributed by atoms with Crippen LogP contribution in [0.4, 0.5) is 0 Å². The summed E-state index contributed by atoms with van der Waals surface area (Å²) in [5, 5.41) is 23.7. The van der Waals surface area contributed by atoms with Crippen LogP contribution in [-0.4, -0.2) is 27.2 Å². The van der Waals surface area contributed by atoms with E-state index >= 15 is 0 Å². The Morgan fingerprint density at radius 3 is 2.70 bits per heavy atom. The third kappa shape index (κ3) is 3.51. The zero-order valence-electron chi connectivity index (χ0n) is 15.1. The Morgan fingerprint density at radius 2 is 1.96 bits per heavy atom. The summed E-state index contributed by atoms with van der Waals surface area (Å²) in [6.07, 6.45) is 2.78. The molecule has 0 spiro atoms. The molecule has 0 unspecified atom stereocenters. The molecule has 2 aromatic carbocycles. The third-order valence-electron chi connectivity index (χ3n) is 5.35. The quantitative estimate of drug-likeness (QED) is 0.663. The van der Waals surface area contributed by atoms with Gasteiger partial charge in [-0.25, -0.2) is 0 Å². The number of aromatic nitrogens is 1. The van der Waals surface area contributed by atoms with Crippen LogP contribution in [0.1, 0.15) is 40.4 Å². The number of nitrogens with one attached hydrogen (secondary N) is 1.